The van der Waals surface area contributed by atoms with E-state index in [1.807, 2.05) is 32.0 Å². The van der Waals surface area contributed by atoms with Crippen molar-refractivity contribution in [1.82, 2.24) is 16.0 Å². The lowest BCUT2D eigenvalue weighted by atomic mass is 10.1. The molecule has 4 N–H and O–H groups in total. The molecule has 0 spiro atoms. The number of ether oxygens (including phenoxy) is 2. The number of methoxy groups -OCH3 is 1. The Bertz CT molecular complexity index is 860. The number of halogens is 1. The van der Waals surface area contributed by atoms with Gasteiger partial charge < -0.3 is 30.5 Å². The highest BCUT2D eigenvalue weighted by atomic mass is 127. The number of carbonyl (C=O) groups is 1. The second-order valence-electron chi connectivity index (χ2n) is 6.88. The Morgan fingerprint density at radius 1 is 1.03 bits per heavy atom. The molecule has 1 amide bonds. The number of aromatic hydroxyl groups is 1. The number of hydrogen-bond acceptors (Lipinski definition) is 5. The minimum atomic E-state index is -0.193. The van der Waals surface area contributed by atoms with Gasteiger partial charge in [-0.3, -0.25) is 4.79 Å². The maximum Gasteiger partial charge on any atom is 0.251 e. The number of rotatable bonds is 11. The van der Waals surface area contributed by atoms with E-state index >= 15 is 0 Å². The summed E-state index contributed by atoms with van der Waals surface area (Å²) in [7, 11) is 1.65. The Kier molecular flexibility index (Phi) is 13.2. The van der Waals surface area contributed by atoms with Crippen LogP contribution in [0.5, 0.6) is 11.5 Å². The molecule has 0 fully saturated rings. The molecule has 0 saturated heterocycles. The van der Waals surface area contributed by atoms with Gasteiger partial charge in [-0.15, -0.1) is 24.0 Å². The van der Waals surface area contributed by atoms with Crippen LogP contribution in [0.2, 0.25) is 0 Å². The van der Waals surface area contributed by atoms with E-state index in [2.05, 4.69) is 20.9 Å². The van der Waals surface area contributed by atoms with Crippen LogP contribution < -0.4 is 20.7 Å². The highest BCUT2D eigenvalue weighted by molar-refractivity contribution is 14.0. The number of phenols is 1. The summed E-state index contributed by atoms with van der Waals surface area (Å²) in [5, 5.41) is 18.6. The first-order chi connectivity index (χ1) is 15.0. The van der Waals surface area contributed by atoms with Gasteiger partial charge in [0.2, 0.25) is 0 Å². The number of amides is 1. The summed E-state index contributed by atoms with van der Waals surface area (Å²) >= 11 is 0. The Morgan fingerprint density at radius 2 is 1.75 bits per heavy atom. The lowest BCUT2D eigenvalue weighted by Crippen LogP contribution is -2.41. The van der Waals surface area contributed by atoms with Crippen molar-refractivity contribution in [2.24, 2.45) is 4.99 Å². The molecule has 9 heteroatoms. The third-order valence-corrected chi connectivity index (χ3v) is 4.35. The standard InChI is InChI=1S/C23H32N4O4.HI/c1-4-24-23(26-12-11-25-22(29)18-7-9-20(28)10-8-18)27-16-19-6-5-17(2)15-21(19)31-14-13-30-3;/h5-10,15,28H,4,11-14,16H2,1-3H3,(H,25,29)(H2,24,26,27);1H. The molecule has 8 nitrogen and oxygen atoms in total. The summed E-state index contributed by atoms with van der Waals surface area (Å²) < 4.78 is 10.9. The van der Waals surface area contributed by atoms with Crippen molar-refractivity contribution in [3.05, 3.63) is 59.2 Å². The summed E-state index contributed by atoms with van der Waals surface area (Å²) in [6, 6.07) is 12.2. The molecule has 32 heavy (non-hydrogen) atoms. The zero-order valence-corrected chi connectivity index (χ0v) is 21.1. The van der Waals surface area contributed by atoms with Gasteiger partial charge in [0.1, 0.15) is 18.1 Å². The molecular weight excluding hydrogens is 523 g/mol. The topological polar surface area (TPSA) is 104 Å². The number of carbonyl (C=O) groups excluding carboxylic acids is 1. The fraction of sp³-hybridized carbons (Fsp3) is 0.391. The first kappa shape index (κ1) is 27.5. The number of phenolic OH excluding ortho intramolecular Hbond substituents is 1. The number of nitrogens with zero attached hydrogens (tertiary/aromatic N) is 1. The molecule has 2 aromatic rings. The summed E-state index contributed by atoms with van der Waals surface area (Å²) in [6.45, 7) is 7.14. The fourth-order valence-corrected chi connectivity index (χ4v) is 2.74. The molecule has 2 aromatic carbocycles. The van der Waals surface area contributed by atoms with Gasteiger partial charge in [0.15, 0.2) is 5.96 Å². The number of hydrogen-bond donors (Lipinski definition) is 4. The molecule has 2 rings (SSSR count). The molecule has 176 valence electrons. The van der Waals surface area contributed by atoms with E-state index < -0.39 is 0 Å². The molecule has 0 bridgehead atoms. The molecule has 0 saturated carbocycles. The van der Waals surface area contributed by atoms with E-state index in [0.29, 0.717) is 44.4 Å². The van der Waals surface area contributed by atoms with Crippen molar-refractivity contribution in [2.45, 2.75) is 20.4 Å². The molecule has 0 unspecified atom stereocenters. The van der Waals surface area contributed by atoms with Gasteiger partial charge in [-0.1, -0.05) is 12.1 Å². The van der Waals surface area contributed by atoms with Crippen LogP contribution in [0.4, 0.5) is 0 Å². The SMILES string of the molecule is CCNC(=NCc1ccc(C)cc1OCCOC)NCCNC(=O)c1ccc(O)cc1.I. The second-order valence-corrected chi connectivity index (χ2v) is 6.88. The zero-order valence-electron chi connectivity index (χ0n) is 18.8. The minimum Gasteiger partial charge on any atom is -0.508 e. The van der Waals surface area contributed by atoms with Crippen LogP contribution in [-0.2, 0) is 11.3 Å². The van der Waals surface area contributed by atoms with E-state index in [1.54, 1.807) is 19.2 Å². The normalized spacial score (nSPS) is 10.8. The van der Waals surface area contributed by atoms with Crippen LogP contribution in [0.3, 0.4) is 0 Å². The van der Waals surface area contributed by atoms with Gasteiger partial charge in [0.05, 0.1) is 13.2 Å². The average molecular weight is 556 g/mol. The number of aliphatic imine (C=N–C) groups is 1. The third-order valence-electron chi connectivity index (χ3n) is 4.35. The van der Waals surface area contributed by atoms with Gasteiger partial charge in [-0.2, -0.15) is 0 Å². The van der Waals surface area contributed by atoms with Gasteiger partial charge in [-0.25, -0.2) is 4.99 Å². The van der Waals surface area contributed by atoms with Crippen molar-refractivity contribution < 1.29 is 19.4 Å². The van der Waals surface area contributed by atoms with E-state index in [4.69, 9.17) is 9.47 Å². The van der Waals surface area contributed by atoms with E-state index in [0.717, 1.165) is 23.4 Å². The van der Waals surface area contributed by atoms with Gasteiger partial charge in [0, 0.05) is 37.9 Å². The van der Waals surface area contributed by atoms with Crippen LogP contribution in [0.25, 0.3) is 0 Å². The number of benzene rings is 2. The molecule has 0 heterocycles. The number of nitrogens with one attached hydrogen (secondary N) is 3. The molecular formula is C23H33IN4O4. The third kappa shape index (κ3) is 9.73. The molecule has 0 aromatic heterocycles. The van der Waals surface area contributed by atoms with E-state index in [9.17, 15) is 9.90 Å². The van der Waals surface area contributed by atoms with E-state index in [-0.39, 0.29) is 35.6 Å². The van der Waals surface area contributed by atoms with Crippen LogP contribution in [0.15, 0.2) is 47.5 Å². The fourth-order valence-electron chi connectivity index (χ4n) is 2.74. The first-order valence-corrected chi connectivity index (χ1v) is 10.3. The Hall–Kier alpha value is -2.53. The van der Waals surface area contributed by atoms with Crippen molar-refractivity contribution in [1.29, 1.82) is 0 Å². The molecule has 0 atom stereocenters. The van der Waals surface area contributed by atoms with Gasteiger partial charge in [-0.05, 0) is 49.7 Å². The summed E-state index contributed by atoms with van der Waals surface area (Å²) in [4.78, 5) is 16.8. The summed E-state index contributed by atoms with van der Waals surface area (Å²) in [5.41, 5.74) is 2.60. The van der Waals surface area contributed by atoms with Crippen molar-refractivity contribution in [2.75, 3.05) is 40.0 Å². The molecule has 0 radical (unpaired) electrons. The maximum atomic E-state index is 12.1. The highest BCUT2D eigenvalue weighted by Crippen LogP contribution is 2.21. The Balaban J connectivity index is 0.00000512. The van der Waals surface area contributed by atoms with Crippen LogP contribution in [-0.4, -0.2) is 56.9 Å². The van der Waals surface area contributed by atoms with Gasteiger partial charge in [0.25, 0.3) is 5.91 Å². The van der Waals surface area contributed by atoms with Crippen molar-refractivity contribution in [3.8, 4) is 11.5 Å². The molecule has 0 aliphatic carbocycles. The summed E-state index contributed by atoms with van der Waals surface area (Å²) in [5.74, 6) is 1.40. The van der Waals surface area contributed by atoms with Crippen LogP contribution in [0, 0.1) is 6.92 Å². The second kappa shape index (κ2) is 15.3. The lowest BCUT2D eigenvalue weighted by molar-refractivity contribution is 0.0954. The zero-order chi connectivity index (χ0) is 22.5. The number of aryl methyl sites for hydroxylation is 1. The Labute approximate surface area is 206 Å². The minimum absolute atomic E-state index is 0. The predicted molar refractivity (Wildman–Crippen MR) is 137 cm³/mol. The Morgan fingerprint density at radius 3 is 2.44 bits per heavy atom. The smallest absolute Gasteiger partial charge is 0.251 e. The number of guanidine groups is 1. The quantitative estimate of drug-likeness (QED) is 0.147. The highest BCUT2D eigenvalue weighted by Gasteiger charge is 2.07. The van der Waals surface area contributed by atoms with Crippen LogP contribution >= 0.6 is 24.0 Å². The average Bonchev–Trinajstić information content (AvgIpc) is 2.76. The lowest BCUT2D eigenvalue weighted by Gasteiger charge is -2.14. The van der Waals surface area contributed by atoms with Crippen molar-refractivity contribution >= 4 is 35.8 Å². The van der Waals surface area contributed by atoms with Crippen LogP contribution in [0.1, 0.15) is 28.4 Å². The summed E-state index contributed by atoms with van der Waals surface area (Å²) in [6.07, 6.45) is 0. The largest absolute Gasteiger partial charge is 0.508 e. The predicted octanol–water partition coefficient (Wildman–Crippen LogP) is 2.83. The monoisotopic (exact) mass is 556 g/mol. The maximum absolute atomic E-state index is 12.1. The molecule has 0 aliphatic heterocycles. The first-order valence-electron chi connectivity index (χ1n) is 10.3. The van der Waals surface area contributed by atoms with Crippen molar-refractivity contribution in [3.63, 3.8) is 0 Å². The molecule has 0 aliphatic rings. The van der Waals surface area contributed by atoms with E-state index in [1.165, 1.54) is 12.1 Å². The van der Waals surface area contributed by atoms with Gasteiger partial charge >= 0.3 is 0 Å².